The fraction of sp³-hybridized carbons (Fsp3) is 0.450. The highest BCUT2D eigenvalue weighted by Crippen LogP contribution is 2.65. The van der Waals surface area contributed by atoms with Crippen LogP contribution >= 0.6 is 23.2 Å². The van der Waals surface area contributed by atoms with Gasteiger partial charge in [-0.2, -0.15) is 0 Å². The Hall–Kier alpha value is -1.85. The molecule has 1 heterocycles. The second-order valence-electron chi connectivity index (χ2n) is 7.99. The minimum Gasteiger partial charge on any atom is -0.323 e. The largest absolute Gasteiger partial charge is 0.323 e. The Bertz CT molecular complexity index is 878. The van der Waals surface area contributed by atoms with E-state index >= 15 is 0 Å². The molecule has 0 aromatic heterocycles. The van der Waals surface area contributed by atoms with Gasteiger partial charge in [-0.05, 0) is 55.2 Å². The summed E-state index contributed by atoms with van der Waals surface area (Å²) < 4.78 is 0. The standard InChI is InChI=1S/C20H18Cl2N2O3/c1-8(18(25)23-15-5-2-9(21)6-14(15)22)24-19(26)16-10-3-4-11(13-7-12(10)13)17(16)20(24)27/h2-6,8,10-13,16-17H,7H2,1H3,(H,23,25)/t8-,10+,11+,12-,13+,16-,17+/m1/s1. The number of hydrogen-bond acceptors (Lipinski definition) is 3. The van der Waals surface area contributed by atoms with E-state index in [1.807, 2.05) is 0 Å². The molecule has 7 heteroatoms. The van der Waals surface area contributed by atoms with Crippen LogP contribution in [-0.4, -0.2) is 28.7 Å². The summed E-state index contributed by atoms with van der Waals surface area (Å²) in [5.41, 5.74) is 0.400. The van der Waals surface area contributed by atoms with Crippen molar-refractivity contribution in [3.8, 4) is 0 Å². The summed E-state index contributed by atoms with van der Waals surface area (Å²) in [7, 11) is 0. The topological polar surface area (TPSA) is 66.5 Å². The predicted molar refractivity (Wildman–Crippen MR) is 101 cm³/mol. The Labute approximate surface area is 166 Å². The number of carbonyl (C=O) groups excluding carboxylic acids is 3. The minimum absolute atomic E-state index is 0.146. The predicted octanol–water partition coefficient (Wildman–Crippen LogP) is 3.37. The number of rotatable bonds is 3. The number of hydrogen-bond donors (Lipinski definition) is 1. The zero-order valence-corrected chi connectivity index (χ0v) is 16.1. The van der Waals surface area contributed by atoms with Gasteiger partial charge < -0.3 is 5.32 Å². The van der Waals surface area contributed by atoms with E-state index in [0.29, 0.717) is 27.6 Å². The maximum absolute atomic E-state index is 13.1. The van der Waals surface area contributed by atoms with Crippen molar-refractivity contribution < 1.29 is 14.4 Å². The smallest absolute Gasteiger partial charge is 0.247 e. The average molecular weight is 405 g/mol. The van der Waals surface area contributed by atoms with E-state index < -0.39 is 11.9 Å². The summed E-state index contributed by atoms with van der Waals surface area (Å²) in [5, 5.41) is 3.46. The molecule has 3 amide bonds. The van der Waals surface area contributed by atoms with Crippen molar-refractivity contribution in [2.24, 2.45) is 35.5 Å². The van der Waals surface area contributed by atoms with Gasteiger partial charge >= 0.3 is 0 Å². The van der Waals surface area contributed by atoms with Crippen LogP contribution in [0.3, 0.4) is 0 Å². The molecule has 7 atom stereocenters. The van der Waals surface area contributed by atoms with Crippen LogP contribution in [0.25, 0.3) is 0 Å². The summed E-state index contributed by atoms with van der Waals surface area (Å²) in [6, 6.07) is 3.85. The molecule has 5 aliphatic rings. The van der Waals surface area contributed by atoms with Crippen molar-refractivity contribution in [3.63, 3.8) is 0 Å². The van der Waals surface area contributed by atoms with Crippen molar-refractivity contribution in [2.45, 2.75) is 19.4 Å². The number of amides is 3. The van der Waals surface area contributed by atoms with E-state index in [4.69, 9.17) is 23.2 Å². The van der Waals surface area contributed by atoms with Gasteiger partial charge in [-0.1, -0.05) is 35.4 Å². The number of nitrogens with one attached hydrogen (secondary N) is 1. The average Bonchev–Trinajstić information content (AvgIpc) is 3.41. The molecular formula is C20H18Cl2N2O3. The van der Waals surface area contributed by atoms with E-state index in [1.165, 1.54) is 11.0 Å². The number of likely N-dealkylation sites (tertiary alicyclic amines) is 1. The van der Waals surface area contributed by atoms with Gasteiger partial charge in [-0.25, -0.2) is 0 Å². The van der Waals surface area contributed by atoms with Gasteiger partial charge in [0.05, 0.1) is 22.5 Å². The maximum atomic E-state index is 13.1. The maximum Gasteiger partial charge on any atom is 0.247 e. The molecule has 1 aromatic rings. The first-order valence-corrected chi connectivity index (χ1v) is 9.95. The number of halogens is 2. The molecule has 4 aliphatic carbocycles. The molecule has 140 valence electrons. The van der Waals surface area contributed by atoms with Crippen LogP contribution in [0.2, 0.25) is 10.0 Å². The summed E-state index contributed by atoms with van der Waals surface area (Å²) in [5.74, 6) is -0.0925. The Morgan fingerprint density at radius 1 is 1.11 bits per heavy atom. The van der Waals surface area contributed by atoms with Crippen molar-refractivity contribution in [3.05, 3.63) is 40.4 Å². The lowest BCUT2D eigenvalue weighted by Crippen LogP contribution is -2.46. The zero-order chi connectivity index (χ0) is 19.0. The van der Waals surface area contributed by atoms with E-state index in [1.54, 1.807) is 19.1 Å². The Morgan fingerprint density at radius 3 is 2.26 bits per heavy atom. The number of imide groups is 1. The number of nitrogens with zero attached hydrogens (tertiary/aromatic N) is 1. The zero-order valence-electron chi connectivity index (χ0n) is 14.6. The van der Waals surface area contributed by atoms with Gasteiger partial charge in [0.1, 0.15) is 6.04 Å². The van der Waals surface area contributed by atoms with E-state index in [0.717, 1.165) is 6.42 Å². The van der Waals surface area contributed by atoms with Crippen LogP contribution in [0.15, 0.2) is 30.4 Å². The molecule has 0 radical (unpaired) electrons. The van der Waals surface area contributed by atoms with Gasteiger partial charge in [-0.15, -0.1) is 0 Å². The molecule has 1 N–H and O–H groups in total. The van der Waals surface area contributed by atoms with Crippen LogP contribution in [0.4, 0.5) is 5.69 Å². The van der Waals surface area contributed by atoms with Gasteiger partial charge in [0.2, 0.25) is 17.7 Å². The second-order valence-corrected chi connectivity index (χ2v) is 8.83. The van der Waals surface area contributed by atoms with Crippen LogP contribution < -0.4 is 5.32 Å². The lowest BCUT2D eigenvalue weighted by Gasteiger charge is -2.37. The third kappa shape index (κ3) is 2.41. The summed E-state index contributed by atoms with van der Waals surface area (Å²) in [6.07, 6.45) is 5.35. The highest BCUT2D eigenvalue weighted by atomic mass is 35.5. The third-order valence-electron chi connectivity index (χ3n) is 6.65. The molecule has 3 fully saturated rings. The summed E-state index contributed by atoms with van der Waals surface area (Å²) >= 11 is 12.0. The summed E-state index contributed by atoms with van der Waals surface area (Å²) in [6.45, 7) is 1.59. The molecule has 1 aliphatic heterocycles. The van der Waals surface area contributed by atoms with Gasteiger partial charge in [0.25, 0.3) is 0 Å². The number of benzene rings is 1. The highest BCUT2D eigenvalue weighted by molar-refractivity contribution is 6.36. The molecule has 0 spiro atoms. The first-order chi connectivity index (χ1) is 12.9. The molecular weight excluding hydrogens is 387 g/mol. The lowest BCUT2D eigenvalue weighted by atomic mass is 9.63. The minimum atomic E-state index is -0.891. The fourth-order valence-corrected chi connectivity index (χ4v) is 5.76. The summed E-state index contributed by atoms with van der Waals surface area (Å²) in [4.78, 5) is 40.0. The van der Waals surface area contributed by atoms with Gasteiger partial charge in [-0.3, -0.25) is 19.3 Å². The first-order valence-electron chi connectivity index (χ1n) is 9.19. The van der Waals surface area contributed by atoms with Crippen molar-refractivity contribution in [1.29, 1.82) is 0 Å². The van der Waals surface area contributed by atoms with Crippen molar-refractivity contribution in [1.82, 2.24) is 4.90 Å². The monoisotopic (exact) mass is 404 g/mol. The Kier molecular flexibility index (Phi) is 3.72. The molecule has 6 rings (SSSR count). The molecule has 2 bridgehead atoms. The van der Waals surface area contributed by atoms with Crippen molar-refractivity contribution in [2.75, 3.05) is 5.32 Å². The molecule has 1 saturated heterocycles. The molecule has 0 unspecified atom stereocenters. The third-order valence-corrected chi connectivity index (χ3v) is 7.20. The molecule has 2 saturated carbocycles. The molecule has 5 nitrogen and oxygen atoms in total. The van der Waals surface area contributed by atoms with Crippen LogP contribution in [-0.2, 0) is 14.4 Å². The first kappa shape index (κ1) is 17.3. The lowest BCUT2D eigenvalue weighted by molar-refractivity contribution is -0.146. The number of anilines is 1. The van der Waals surface area contributed by atoms with Gasteiger partial charge in [0, 0.05) is 5.02 Å². The fourth-order valence-electron chi connectivity index (χ4n) is 5.31. The normalized spacial score (nSPS) is 36.5. The molecule has 1 aromatic carbocycles. The van der Waals surface area contributed by atoms with Crippen molar-refractivity contribution >= 4 is 46.6 Å². The highest BCUT2D eigenvalue weighted by Gasteiger charge is 2.67. The van der Waals surface area contributed by atoms with Gasteiger partial charge in [0.15, 0.2) is 0 Å². The second kappa shape index (κ2) is 5.82. The van der Waals surface area contributed by atoms with Crippen LogP contribution in [0.5, 0.6) is 0 Å². The number of allylic oxidation sites excluding steroid dienone is 2. The van der Waals surface area contributed by atoms with E-state index in [2.05, 4.69) is 17.5 Å². The Morgan fingerprint density at radius 2 is 1.70 bits per heavy atom. The quantitative estimate of drug-likeness (QED) is 0.620. The van der Waals surface area contributed by atoms with E-state index in [9.17, 15) is 14.4 Å². The van der Waals surface area contributed by atoms with Crippen LogP contribution in [0.1, 0.15) is 13.3 Å². The van der Waals surface area contributed by atoms with E-state index in [-0.39, 0.29) is 35.5 Å². The SMILES string of the molecule is C[C@H](C(=O)Nc1ccc(Cl)cc1Cl)N1C(=O)[C@@H]2[C@H]3C=C[C@@H]([C@@H]4C[C@H]34)[C@@H]2C1=O. The van der Waals surface area contributed by atoms with Crippen LogP contribution in [0, 0.1) is 35.5 Å². The number of carbonyl (C=O) groups is 3. The Balaban J connectivity index is 1.38. The molecule has 27 heavy (non-hydrogen) atoms.